The molecule has 3 nitrogen and oxygen atoms in total. The van der Waals surface area contributed by atoms with E-state index in [1.54, 1.807) is 17.5 Å². The van der Waals surface area contributed by atoms with Gasteiger partial charge in [-0.15, -0.1) is 11.3 Å². The molecule has 0 saturated heterocycles. The lowest BCUT2D eigenvalue weighted by atomic mass is 10.1. The Kier molecular flexibility index (Phi) is 4.80. The number of hydrogen-bond donors (Lipinski definition) is 1. The Morgan fingerprint density at radius 1 is 1.12 bits per heavy atom. The van der Waals surface area contributed by atoms with Gasteiger partial charge in [0, 0.05) is 35.5 Å². The maximum atomic E-state index is 13.0. The van der Waals surface area contributed by atoms with E-state index < -0.39 is 0 Å². The summed E-state index contributed by atoms with van der Waals surface area (Å²) in [5.41, 5.74) is 4.52. The van der Waals surface area contributed by atoms with Crippen LogP contribution in [0.2, 0.25) is 0 Å². The molecular weight excluding hydrogens is 345 g/mol. The number of fused-ring (bicyclic) bond motifs is 1. The first-order chi connectivity index (χ1) is 12.7. The Balaban J connectivity index is 1.52. The van der Waals surface area contributed by atoms with Gasteiger partial charge in [0.25, 0.3) is 0 Å². The van der Waals surface area contributed by atoms with Crippen LogP contribution in [-0.2, 0) is 25.7 Å². The van der Waals surface area contributed by atoms with Gasteiger partial charge in [0.15, 0.2) is 0 Å². The van der Waals surface area contributed by atoms with E-state index in [1.807, 2.05) is 18.2 Å². The van der Waals surface area contributed by atoms with Crippen LogP contribution in [-0.4, -0.2) is 15.0 Å². The summed E-state index contributed by atoms with van der Waals surface area (Å²) < 4.78 is 13.0. The molecule has 0 fully saturated rings. The van der Waals surface area contributed by atoms with Crippen molar-refractivity contribution in [3.05, 3.63) is 81.3 Å². The Labute approximate surface area is 156 Å². The molecule has 4 aromatic rings. The summed E-state index contributed by atoms with van der Waals surface area (Å²) in [5.74, 6) is -0.188. The van der Waals surface area contributed by atoms with E-state index in [1.165, 1.54) is 33.7 Å². The smallest absolute Gasteiger partial charge is 0.137 e. The highest BCUT2D eigenvalue weighted by molar-refractivity contribution is 7.11. The van der Waals surface area contributed by atoms with Crippen LogP contribution in [0.1, 0.15) is 33.6 Å². The van der Waals surface area contributed by atoms with E-state index >= 15 is 0 Å². The van der Waals surface area contributed by atoms with Crippen molar-refractivity contribution >= 4 is 22.4 Å². The predicted molar refractivity (Wildman–Crippen MR) is 104 cm³/mol. The Morgan fingerprint density at radius 3 is 2.77 bits per heavy atom. The number of hydrogen-bond acceptors (Lipinski definition) is 3. The van der Waals surface area contributed by atoms with Crippen LogP contribution in [0.3, 0.4) is 0 Å². The van der Waals surface area contributed by atoms with Crippen LogP contribution in [0, 0.1) is 5.82 Å². The van der Waals surface area contributed by atoms with Gasteiger partial charge in [0.2, 0.25) is 0 Å². The van der Waals surface area contributed by atoms with Gasteiger partial charge in [-0.05, 0) is 48.2 Å². The van der Waals surface area contributed by atoms with E-state index in [0.717, 1.165) is 41.9 Å². The summed E-state index contributed by atoms with van der Waals surface area (Å²) in [5, 5.41) is 2.33. The molecule has 132 valence electrons. The molecule has 4 rings (SSSR count). The molecule has 26 heavy (non-hydrogen) atoms. The molecule has 0 amide bonds. The highest BCUT2D eigenvalue weighted by Gasteiger charge is 2.13. The number of halogens is 1. The molecule has 1 N–H and O–H groups in total. The average molecular weight is 365 g/mol. The van der Waals surface area contributed by atoms with Gasteiger partial charge in [-0.25, -0.2) is 14.4 Å². The van der Waals surface area contributed by atoms with Crippen LogP contribution in [0.25, 0.3) is 11.0 Å². The molecule has 0 spiro atoms. The molecule has 0 aliphatic heterocycles. The Morgan fingerprint density at radius 2 is 1.96 bits per heavy atom. The zero-order valence-electron chi connectivity index (χ0n) is 14.6. The Bertz CT molecular complexity index is 1020. The molecule has 0 saturated carbocycles. The SMILES string of the molecule is CCc1nc(CCc2ccc(F)cc2)sc1Cc1c[nH]c2ncccc12. The normalized spacial score (nSPS) is 11.3. The maximum absolute atomic E-state index is 13.0. The summed E-state index contributed by atoms with van der Waals surface area (Å²) in [6, 6.07) is 10.8. The summed E-state index contributed by atoms with van der Waals surface area (Å²) in [4.78, 5) is 13.8. The number of nitrogens with zero attached hydrogens (tertiary/aromatic N) is 2. The number of aromatic nitrogens is 3. The molecule has 5 heteroatoms. The molecule has 0 bridgehead atoms. The van der Waals surface area contributed by atoms with Gasteiger partial charge in [-0.3, -0.25) is 0 Å². The number of aryl methyl sites for hydroxylation is 3. The first-order valence-corrected chi connectivity index (χ1v) is 9.67. The fraction of sp³-hybridized carbons (Fsp3) is 0.238. The number of H-pyrrole nitrogens is 1. The van der Waals surface area contributed by atoms with Crippen molar-refractivity contribution in [1.82, 2.24) is 15.0 Å². The summed E-state index contributed by atoms with van der Waals surface area (Å²) in [6.07, 6.45) is 7.44. The highest BCUT2D eigenvalue weighted by Crippen LogP contribution is 2.26. The third kappa shape index (κ3) is 3.53. The van der Waals surface area contributed by atoms with Gasteiger partial charge < -0.3 is 4.98 Å². The minimum atomic E-state index is -0.188. The lowest BCUT2D eigenvalue weighted by Crippen LogP contribution is -1.92. The minimum absolute atomic E-state index is 0.188. The third-order valence-electron chi connectivity index (χ3n) is 4.59. The topological polar surface area (TPSA) is 41.6 Å². The highest BCUT2D eigenvalue weighted by atomic mass is 32.1. The van der Waals surface area contributed by atoms with Crippen LogP contribution in [0.4, 0.5) is 4.39 Å². The Hall–Kier alpha value is -2.53. The van der Waals surface area contributed by atoms with Crippen molar-refractivity contribution in [1.29, 1.82) is 0 Å². The van der Waals surface area contributed by atoms with E-state index in [-0.39, 0.29) is 5.82 Å². The maximum Gasteiger partial charge on any atom is 0.137 e. The molecule has 0 aliphatic carbocycles. The number of rotatable bonds is 6. The fourth-order valence-electron chi connectivity index (χ4n) is 3.19. The second kappa shape index (κ2) is 7.38. The lowest BCUT2D eigenvalue weighted by Gasteiger charge is -1.99. The van der Waals surface area contributed by atoms with Gasteiger partial charge in [0.1, 0.15) is 11.5 Å². The monoisotopic (exact) mass is 365 g/mol. The third-order valence-corrected chi connectivity index (χ3v) is 5.74. The first-order valence-electron chi connectivity index (χ1n) is 8.86. The average Bonchev–Trinajstić information content (AvgIpc) is 3.26. The second-order valence-corrected chi connectivity index (χ2v) is 7.52. The number of benzene rings is 1. The molecule has 3 aromatic heterocycles. The summed E-state index contributed by atoms with van der Waals surface area (Å²) in [6.45, 7) is 2.15. The largest absolute Gasteiger partial charge is 0.346 e. The van der Waals surface area contributed by atoms with E-state index in [2.05, 4.69) is 29.2 Å². The predicted octanol–water partition coefficient (Wildman–Crippen LogP) is 5.10. The van der Waals surface area contributed by atoms with Crippen molar-refractivity contribution in [2.75, 3.05) is 0 Å². The second-order valence-electron chi connectivity index (χ2n) is 6.35. The van der Waals surface area contributed by atoms with Crippen LogP contribution in [0.5, 0.6) is 0 Å². The lowest BCUT2D eigenvalue weighted by molar-refractivity contribution is 0.627. The number of nitrogens with one attached hydrogen (secondary N) is 1. The quantitative estimate of drug-likeness (QED) is 0.517. The molecule has 0 radical (unpaired) electrons. The van der Waals surface area contributed by atoms with Gasteiger partial charge in [0.05, 0.1) is 10.7 Å². The zero-order valence-corrected chi connectivity index (χ0v) is 15.4. The number of aromatic amines is 1. The zero-order chi connectivity index (χ0) is 17.9. The van der Waals surface area contributed by atoms with E-state index in [0.29, 0.717) is 0 Å². The number of pyridine rings is 1. The minimum Gasteiger partial charge on any atom is -0.346 e. The van der Waals surface area contributed by atoms with E-state index in [4.69, 9.17) is 4.98 Å². The number of thiazole rings is 1. The standard InChI is InChI=1S/C21H20FN3S/c1-2-18-19(12-15-13-24-21-17(15)4-3-11-23-21)26-20(25-18)10-7-14-5-8-16(22)9-6-14/h3-6,8-9,11,13H,2,7,10,12H2,1H3,(H,23,24). The van der Waals surface area contributed by atoms with Crippen LogP contribution >= 0.6 is 11.3 Å². The van der Waals surface area contributed by atoms with Crippen molar-refractivity contribution < 1.29 is 4.39 Å². The summed E-state index contributed by atoms with van der Waals surface area (Å²) >= 11 is 1.79. The van der Waals surface area contributed by atoms with Crippen molar-refractivity contribution in [3.63, 3.8) is 0 Å². The first kappa shape index (κ1) is 16.9. The van der Waals surface area contributed by atoms with Gasteiger partial charge in [-0.1, -0.05) is 19.1 Å². The van der Waals surface area contributed by atoms with Crippen LogP contribution < -0.4 is 0 Å². The van der Waals surface area contributed by atoms with Crippen molar-refractivity contribution in [3.8, 4) is 0 Å². The van der Waals surface area contributed by atoms with E-state index in [9.17, 15) is 4.39 Å². The molecule has 0 aliphatic rings. The molecular formula is C21H20FN3S. The van der Waals surface area contributed by atoms with Gasteiger partial charge in [-0.2, -0.15) is 0 Å². The van der Waals surface area contributed by atoms with Crippen molar-refractivity contribution in [2.45, 2.75) is 32.6 Å². The molecule has 3 heterocycles. The van der Waals surface area contributed by atoms with Crippen LogP contribution in [0.15, 0.2) is 48.8 Å². The summed E-state index contributed by atoms with van der Waals surface area (Å²) in [7, 11) is 0. The molecule has 1 aromatic carbocycles. The van der Waals surface area contributed by atoms with Crippen molar-refractivity contribution in [2.24, 2.45) is 0 Å². The molecule has 0 atom stereocenters. The molecule has 0 unspecified atom stereocenters. The fourth-order valence-corrected chi connectivity index (χ4v) is 4.37. The van der Waals surface area contributed by atoms with Gasteiger partial charge >= 0.3 is 0 Å².